The Morgan fingerprint density at radius 3 is 2.15 bits per heavy atom. The Kier molecular flexibility index (Phi) is 7.47. The summed E-state index contributed by atoms with van der Waals surface area (Å²) in [7, 11) is 0. The van der Waals surface area contributed by atoms with Gasteiger partial charge in [-0.15, -0.1) is 6.58 Å². The first kappa shape index (κ1) is 19.6. The molecule has 0 aliphatic heterocycles. The van der Waals surface area contributed by atoms with Crippen LogP contribution in [0.4, 0.5) is 0 Å². The Bertz CT molecular complexity index is 716. The molecule has 0 radical (unpaired) electrons. The van der Waals surface area contributed by atoms with Crippen LogP contribution in [-0.4, -0.2) is 6.61 Å². The lowest BCUT2D eigenvalue weighted by Crippen LogP contribution is -2.12. The third-order valence-corrected chi connectivity index (χ3v) is 5.73. The zero-order valence-corrected chi connectivity index (χ0v) is 16.6. The van der Waals surface area contributed by atoms with Crippen molar-refractivity contribution in [1.82, 2.24) is 0 Å². The van der Waals surface area contributed by atoms with Crippen molar-refractivity contribution in [2.24, 2.45) is 5.92 Å². The number of allylic oxidation sites excluding steroid dienone is 2. The summed E-state index contributed by atoms with van der Waals surface area (Å²) in [6, 6.07) is 18.0. The van der Waals surface area contributed by atoms with E-state index in [9.17, 15) is 0 Å². The molecule has 0 heterocycles. The molecule has 0 aromatic heterocycles. The lowest BCUT2D eigenvalue weighted by Gasteiger charge is -2.28. The predicted molar refractivity (Wildman–Crippen MR) is 116 cm³/mol. The van der Waals surface area contributed by atoms with E-state index in [0.717, 1.165) is 11.8 Å². The molecule has 0 amide bonds. The monoisotopic (exact) mass is 360 g/mol. The van der Waals surface area contributed by atoms with Crippen LogP contribution in [0.2, 0.25) is 0 Å². The summed E-state index contributed by atoms with van der Waals surface area (Å²) in [5, 5.41) is 0. The van der Waals surface area contributed by atoms with Gasteiger partial charge in [-0.3, -0.25) is 0 Å². The fourth-order valence-electron chi connectivity index (χ4n) is 4.05. The summed E-state index contributed by atoms with van der Waals surface area (Å²) in [5.41, 5.74) is 5.29. The molecule has 1 aliphatic rings. The van der Waals surface area contributed by atoms with Crippen LogP contribution in [0, 0.1) is 5.92 Å². The zero-order chi connectivity index (χ0) is 18.9. The van der Waals surface area contributed by atoms with Gasteiger partial charge in [0.05, 0.1) is 13.2 Å². The van der Waals surface area contributed by atoms with Gasteiger partial charge in [0.2, 0.25) is 0 Å². The van der Waals surface area contributed by atoms with Crippen LogP contribution in [0.1, 0.15) is 56.1 Å². The molecule has 1 nitrogen and oxygen atoms in total. The Hall–Kier alpha value is -2.12. The topological polar surface area (TPSA) is 9.23 Å². The highest BCUT2D eigenvalue weighted by Gasteiger charge is 2.21. The van der Waals surface area contributed by atoms with Crippen LogP contribution in [-0.2, 0) is 11.3 Å². The average molecular weight is 361 g/mol. The third-order valence-electron chi connectivity index (χ3n) is 5.73. The highest BCUT2D eigenvalue weighted by atomic mass is 16.5. The molecule has 2 aromatic carbocycles. The van der Waals surface area contributed by atoms with Crippen LogP contribution < -0.4 is 0 Å². The molecule has 3 rings (SSSR count). The molecule has 1 aliphatic carbocycles. The summed E-state index contributed by atoms with van der Waals surface area (Å²) in [4.78, 5) is 0. The summed E-state index contributed by atoms with van der Waals surface area (Å²) in [6.45, 7) is 7.24. The molecule has 0 unspecified atom stereocenters. The lowest BCUT2D eigenvalue weighted by molar-refractivity contribution is 0.148. The highest BCUT2D eigenvalue weighted by Crippen LogP contribution is 2.37. The van der Waals surface area contributed by atoms with E-state index in [-0.39, 0.29) is 0 Å². The van der Waals surface area contributed by atoms with E-state index in [2.05, 4.69) is 61.2 Å². The molecule has 0 atom stereocenters. The van der Waals surface area contributed by atoms with E-state index in [4.69, 9.17) is 4.74 Å². The van der Waals surface area contributed by atoms with Crippen molar-refractivity contribution < 1.29 is 4.74 Å². The van der Waals surface area contributed by atoms with Crippen LogP contribution in [0.5, 0.6) is 0 Å². The quantitative estimate of drug-likeness (QED) is 0.354. The van der Waals surface area contributed by atoms with Gasteiger partial charge in [0.15, 0.2) is 0 Å². The molecule has 27 heavy (non-hydrogen) atoms. The maximum absolute atomic E-state index is 5.62. The number of rotatable bonds is 8. The SMILES string of the molecule is C=CC[C@H]1CC[C@H](c2ccc(-c3ccc(COCC=CC)cc3)cc2)CC1. The predicted octanol–water partition coefficient (Wildman–Crippen LogP) is 7.30. The fraction of sp³-hybridized carbons (Fsp3) is 0.385. The third kappa shape index (κ3) is 5.68. The number of hydrogen-bond donors (Lipinski definition) is 0. The van der Waals surface area contributed by atoms with Crippen LogP contribution in [0.3, 0.4) is 0 Å². The molecule has 0 spiro atoms. The van der Waals surface area contributed by atoms with Gasteiger partial charge in [0.25, 0.3) is 0 Å². The number of ether oxygens (including phenoxy) is 1. The van der Waals surface area contributed by atoms with E-state index in [0.29, 0.717) is 13.2 Å². The maximum atomic E-state index is 5.62. The van der Waals surface area contributed by atoms with Gasteiger partial charge in [0.1, 0.15) is 0 Å². The van der Waals surface area contributed by atoms with Crippen molar-refractivity contribution in [3.8, 4) is 11.1 Å². The second-order valence-corrected chi connectivity index (χ2v) is 7.65. The molecule has 1 fully saturated rings. The lowest BCUT2D eigenvalue weighted by atomic mass is 9.77. The van der Waals surface area contributed by atoms with Crippen molar-refractivity contribution in [3.05, 3.63) is 84.5 Å². The molecule has 142 valence electrons. The first-order valence-electron chi connectivity index (χ1n) is 10.3. The van der Waals surface area contributed by atoms with Crippen molar-refractivity contribution in [2.45, 2.75) is 51.6 Å². The van der Waals surface area contributed by atoms with Crippen LogP contribution >= 0.6 is 0 Å². The summed E-state index contributed by atoms with van der Waals surface area (Å²) in [5.74, 6) is 1.59. The summed E-state index contributed by atoms with van der Waals surface area (Å²) < 4.78 is 5.62. The minimum absolute atomic E-state index is 0.665. The van der Waals surface area contributed by atoms with Crippen LogP contribution in [0.25, 0.3) is 11.1 Å². The smallest absolute Gasteiger partial charge is 0.0721 e. The Morgan fingerprint density at radius 1 is 0.926 bits per heavy atom. The molecule has 0 bridgehead atoms. The summed E-state index contributed by atoms with van der Waals surface area (Å²) in [6.07, 6.45) is 12.6. The highest BCUT2D eigenvalue weighted by molar-refractivity contribution is 5.64. The van der Waals surface area contributed by atoms with Crippen molar-refractivity contribution in [3.63, 3.8) is 0 Å². The fourth-order valence-corrected chi connectivity index (χ4v) is 4.05. The molecule has 1 saturated carbocycles. The first-order chi connectivity index (χ1) is 13.3. The molecule has 2 aromatic rings. The molecular weight excluding hydrogens is 328 g/mol. The zero-order valence-electron chi connectivity index (χ0n) is 16.6. The number of hydrogen-bond acceptors (Lipinski definition) is 1. The van der Waals surface area contributed by atoms with Gasteiger partial charge >= 0.3 is 0 Å². The van der Waals surface area contributed by atoms with Gasteiger partial charge in [-0.05, 0) is 73.1 Å². The van der Waals surface area contributed by atoms with Gasteiger partial charge in [-0.2, -0.15) is 0 Å². The van der Waals surface area contributed by atoms with Gasteiger partial charge in [0, 0.05) is 0 Å². The standard InChI is InChI=1S/C26H32O/c1-3-5-19-27-20-22-9-13-24(14-10-22)26-17-15-25(16-18-26)23-11-7-21(6-4-2)8-12-23/h3-5,9-10,13-18,21,23H,2,6-8,11-12,19-20H2,1H3/t21-,23-. The van der Waals surface area contributed by atoms with Gasteiger partial charge in [-0.1, -0.05) is 66.8 Å². The van der Waals surface area contributed by atoms with Crippen molar-refractivity contribution >= 4 is 0 Å². The van der Waals surface area contributed by atoms with Crippen molar-refractivity contribution in [2.75, 3.05) is 6.61 Å². The Morgan fingerprint density at radius 2 is 1.56 bits per heavy atom. The largest absolute Gasteiger partial charge is 0.373 e. The van der Waals surface area contributed by atoms with E-state index in [1.165, 1.54) is 54.4 Å². The van der Waals surface area contributed by atoms with Crippen LogP contribution in [0.15, 0.2) is 73.3 Å². The van der Waals surface area contributed by atoms with E-state index < -0.39 is 0 Å². The van der Waals surface area contributed by atoms with Gasteiger partial charge in [-0.25, -0.2) is 0 Å². The normalized spacial score (nSPS) is 20.0. The minimum atomic E-state index is 0.665. The minimum Gasteiger partial charge on any atom is -0.373 e. The first-order valence-corrected chi connectivity index (χ1v) is 10.3. The maximum Gasteiger partial charge on any atom is 0.0721 e. The molecule has 0 N–H and O–H groups in total. The second kappa shape index (κ2) is 10.3. The number of benzene rings is 2. The van der Waals surface area contributed by atoms with Gasteiger partial charge < -0.3 is 4.74 Å². The molecule has 1 heteroatoms. The Labute approximate surface area is 164 Å². The molecular formula is C26H32O. The van der Waals surface area contributed by atoms with E-state index in [1.54, 1.807) is 0 Å². The van der Waals surface area contributed by atoms with Crippen molar-refractivity contribution in [1.29, 1.82) is 0 Å². The molecule has 0 saturated heterocycles. The Balaban J connectivity index is 1.56. The van der Waals surface area contributed by atoms with E-state index >= 15 is 0 Å². The van der Waals surface area contributed by atoms with E-state index in [1.807, 2.05) is 19.1 Å². The average Bonchev–Trinajstić information content (AvgIpc) is 2.73. The summed E-state index contributed by atoms with van der Waals surface area (Å²) >= 11 is 0. The second-order valence-electron chi connectivity index (χ2n) is 7.65.